The van der Waals surface area contributed by atoms with Crippen molar-refractivity contribution >= 4 is 28.8 Å². The zero-order chi connectivity index (χ0) is 20.8. The van der Waals surface area contributed by atoms with E-state index in [-0.39, 0.29) is 40.7 Å². The summed E-state index contributed by atoms with van der Waals surface area (Å²) in [6.07, 6.45) is 3.11. The van der Waals surface area contributed by atoms with Gasteiger partial charge in [-0.1, -0.05) is 6.07 Å². The summed E-state index contributed by atoms with van der Waals surface area (Å²) in [7, 11) is 0. The number of aromatic nitrogens is 2. The number of hydrogen-bond donors (Lipinski definition) is 3. The van der Waals surface area contributed by atoms with Crippen LogP contribution in [0.5, 0.6) is 0 Å². The number of rotatable bonds is 7. The highest BCUT2D eigenvalue weighted by atomic mass is 32.1. The third-order valence-corrected chi connectivity index (χ3v) is 4.71. The van der Waals surface area contributed by atoms with Gasteiger partial charge in [-0.3, -0.25) is 14.6 Å². The van der Waals surface area contributed by atoms with Crippen molar-refractivity contribution in [2.45, 2.75) is 6.42 Å². The first-order valence-corrected chi connectivity index (χ1v) is 9.43. The Morgan fingerprint density at radius 1 is 1.14 bits per heavy atom. The zero-order valence-electron chi connectivity index (χ0n) is 15.0. The van der Waals surface area contributed by atoms with Gasteiger partial charge in [-0.2, -0.15) is 0 Å². The van der Waals surface area contributed by atoms with Gasteiger partial charge in [0.1, 0.15) is 22.3 Å². The first-order chi connectivity index (χ1) is 14.0. The molecule has 7 nitrogen and oxygen atoms in total. The predicted molar refractivity (Wildman–Crippen MR) is 104 cm³/mol. The first-order valence-electron chi connectivity index (χ1n) is 8.55. The van der Waals surface area contributed by atoms with Crippen LogP contribution in [-0.2, 0) is 0 Å². The number of thiazole rings is 1. The van der Waals surface area contributed by atoms with Crippen molar-refractivity contribution in [1.29, 1.82) is 0 Å². The van der Waals surface area contributed by atoms with Crippen LogP contribution < -0.4 is 10.6 Å². The SMILES string of the molecule is O=C(Nc1cnccc1C(=O)NCCCO)c1csc(-c2c(F)cccc2F)n1. The van der Waals surface area contributed by atoms with Crippen LogP contribution in [0.25, 0.3) is 10.6 Å². The van der Waals surface area contributed by atoms with Gasteiger partial charge < -0.3 is 15.7 Å². The minimum Gasteiger partial charge on any atom is -0.396 e. The van der Waals surface area contributed by atoms with E-state index in [0.29, 0.717) is 6.42 Å². The standard InChI is InChI=1S/C19H16F2N4O3S/c20-12-3-1-4-13(21)16(12)19-25-15(10-29-19)18(28)24-14-9-22-7-5-11(14)17(27)23-6-2-8-26/h1,3-5,7,9-10,26H,2,6,8H2,(H,23,27)(H,24,28). The van der Waals surface area contributed by atoms with E-state index < -0.39 is 23.4 Å². The molecule has 0 aliphatic heterocycles. The molecule has 2 aromatic heterocycles. The smallest absolute Gasteiger partial charge is 0.275 e. The number of benzene rings is 1. The Kier molecular flexibility index (Phi) is 6.57. The molecule has 0 spiro atoms. The molecule has 3 N–H and O–H groups in total. The summed E-state index contributed by atoms with van der Waals surface area (Å²) in [6.45, 7) is 0.212. The minimum atomic E-state index is -0.777. The Hall–Kier alpha value is -3.24. The lowest BCUT2D eigenvalue weighted by molar-refractivity contribution is 0.0952. The number of nitrogens with one attached hydrogen (secondary N) is 2. The van der Waals surface area contributed by atoms with E-state index in [2.05, 4.69) is 20.6 Å². The Morgan fingerprint density at radius 2 is 1.90 bits per heavy atom. The lowest BCUT2D eigenvalue weighted by atomic mass is 10.2. The number of aliphatic hydroxyl groups is 1. The van der Waals surface area contributed by atoms with Crippen molar-refractivity contribution in [2.24, 2.45) is 0 Å². The molecule has 10 heteroatoms. The average Bonchev–Trinajstić information content (AvgIpc) is 3.18. The molecule has 2 heterocycles. The van der Waals surface area contributed by atoms with Crippen LogP contribution in [0.3, 0.4) is 0 Å². The van der Waals surface area contributed by atoms with Crippen LogP contribution in [0.15, 0.2) is 42.0 Å². The maximum absolute atomic E-state index is 13.9. The number of carbonyl (C=O) groups excluding carboxylic acids is 2. The van der Waals surface area contributed by atoms with Crippen LogP contribution in [0.4, 0.5) is 14.5 Å². The van der Waals surface area contributed by atoms with E-state index >= 15 is 0 Å². The van der Waals surface area contributed by atoms with E-state index in [9.17, 15) is 18.4 Å². The minimum absolute atomic E-state index is 0.0268. The number of halogens is 2. The van der Waals surface area contributed by atoms with Gasteiger partial charge in [0.25, 0.3) is 11.8 Å². The van der Waals surface area contributed by atoms with E-state index in [1.165, 1.54) is 29.9 Å². The fourth-order valence-electron chi connectivity index (χ4n) is 2.45. The molecule has 1 aromatic carbocycles. The molecule has 3 rings (SSSR count). The Labute approximate surface area is 168 Å². The quantitative estimate of drug-likeness (QED) is 0.512. The maximum atomic E-state index is 13.9. The molecule has 0 saturated carbocycles. The maximum Gasteiger partial charge on any atom is 0.275 e. The number of anilines is 1. The van der Waals surface area contributed by atoms with Crippen LogP contribution in [-0.4, -0.2) is 40.0 Å². The monoisotopic (exact) mass is 418 g/mol. The Bertz CT molecular complexity index is 1020. The van der Waals surface area contributed by atoms with Crippen molar-refractivity contribution in [3.05, 3.63) is 64.9 Å². The molecule has 0 radical (unpaired) electrons. The fourth-order valence-corrected chi connectivity index (χ4v) is 3.30. The Balaban J connectivity index is 1.78. The molecule has 0 aliphatic carbocycles. The molecule has 150 valence electrons. The normalized spacial score (nSPS) is 10.6. The van der Waals surface area contributed by atoms with Gasteiger partial charge >= 0.3 is 0 Å². The van der Waals surface area contributed by atoms with E-state index in [1.807, 2.05) is 0 Å². The van der Waals surface area contributed by atoms with E-state index in [1.54, 1.807) is 0 Å². The molecular formula is C19H16F2N4O3S. The summed E-state index contributed by atoms with van der Waals surface area (Å²) < 4.78 is 27.8. The zero-order valence-corrected chi connectivity index (χ0v) is 15.8. The summed E-state index contributed by atoms with van der Waals surface area (Å²) in [5.74, 6) is -2.65. The second kappa shape index (κ2) is 9.30. The predicted octanol–water partition coefficient (Wildman–Crippen LogP) is 2.85. The molecule has 0 fully saturated rings. The van der Waals surface area contributed by atoms with Crippen LogP contribution in [0, 0.1) is 11.6 Å². The second-order valence-electron chi connectivity index (χ2n) is 5.84. The molecule has 0 aliphatic rings. The molecule has 3 aromatic rings. The molecule has 2 amide bonds. The number of aliphatic hydroxyl groups excluding tert-OH is 1. The van der Waals surface area contributed by atoms with Crippen molar-refractivity contribution in [1.82, 2.24) is 15.3 Å². The third kappa shape index (κ3) is 4.79. The number of carbonyl (C=O) groups is 2. The molecule has 29 heavy (non-hydrogen) atoms. The van der Waals surface area contributed by atoms with Crippen molar-refractivity contribution in [2.75, 3.05) is 18.5 Å². The van der Waals surface area contributed by atoms with Gasteiger partial charge in [-0.15, -0.1) is 11.3 Å². The lowest BCUT2D eigenvalue weighted by Crippen LogP contribution is -2.26. The number of amides is 2. The summed E-state index contributed by atoms with van der Waals surface area (Å²) in [5, 5.41) is 15.3. The Morgan fingerprint density at radius 3 is 2.62 bits per heavy atom. The van der Waals surface area contributed by atoms with Crippen molar-refractivity contribution in [3.8, 4) is 10.6 Å². The van der Waals surface area contributed by atoms with Gasteiger partial charge in [0.05, 0.1) is 23.0 Å². The summed E-state index contributed by atoms with van der Waals surface area (Å²) in [6, 6.07) is 4.89. The number of hydrogen-bond acceptors (Lipinski definition) is 6. The van der Waals surface area contributed by atoms with E-state index in [0.717, 1.165) is 23.5 Å². The number of nitrogens with zero attached hydrogens (tertiary/aromatic N) is 2. The topological polar surface area (TPSA) is 104 Å². The van der Waals surface area contributed by atoms with Gasteiger partial charge in [0, 0.05) is 24.7 Å². The largest absolute Gasteiger partial charge is 0.396 e. The van der Waals surface area contributed by atoms with Gasteiger partial charge in [-0.05, 0) is 24.6 Å². The average molecular weight is 418 g/mol. The van der Waals surface area contributed by atoms with E-state index in [4.69, 9.17) is 5.11 Å². The third-order valence-electron chi connectivity index (χ3n) is 3.85. The number of pyridine rings is 1. The highest BCUT2D eigenvalue weighted by Crippen LogP contribution is 2.29. The highest BCUT2D eigenvalue weighted by Gasteiger charge is 2.19. The fraction of sp³-hybridized carbons (Fsp3) is 0.158. The molecule has 0 saturated heterocycles. The van der Waals surface area contributed by atoms with Crippen LogP contribution >= 0.6 is 11.3 Å². The van der Waals surface area contributed by atoms with Crippen LogP contribution in [0.1, 0.15) is 27.3 Å². The molecule has 0 atom stereocenters. The van der Waals surface area contributed by atoms with Crippen molar-refractivity contribution in [3.63, 3.8) is 0 Å². The van der Waals surface area contributed by atoms with Gasteiger partial charge in [0.2, 0.25) is 0 Å². The molecular weight excluding hydrogens is 402 g/mol. The lowest BCUT2D eigenvalue weighted by Gasteiger charge is -2.10. The highest BCUT2D eigenvalue weighted by molar-refractivity contribution is 7.13. The van der Waals surface area contributed by atoms with Crippen LogP contribution in [0.2, 0.25) is 0 Å². The first kappa shape index (κ1) is 20.5. The van der Waals surface area contributed by atoms with Crippen molar-refractivity contribution < 1.29 is 23.5 Å². The summed E-state index contributed by atoms with van der Waals surface area (Å²) >= 11 is 0.923. The van der Waals surface area contributed by atoms with Gasteiger partial charge in [-0.25, -0.2) is 13.8 Å². The summed E-state index contributed by atoms with van der Waals surface area (Å²) in [5.41, 5.74) is -0.0162. The summed E-state index contributed by atoms with van der Waals surface area (Å²) in [4.78, 5) is 32.7. The molecule has 0 unspecified atom stereocenters. The van der Waals surface area contributed by atoms with Gasteiger partial charge in [0.15, 0.2) is 0 Å². The second-order valence-corrected chi connectivity index (χ2v) is 6.70. The molecule has 0 bridgehead atoms.